The Morgan fingerprint density at radius 3 is 2.67 bits per heavy atom. The zero-order valence-corrected chi connectivity index (χ0v) is 15.5. The molecule has 1 N–H and O–H groups in total. The van der Waals surface area contributed by atoms with Crippen LogP contribution in [0, 0.1) is 18.8 Å². The van der Waals surface area contributed by atoms with E-state index in [2.05, 4.69) is 20.4 Å². The minimum absolute atomic E-state index is 0.215. The molecule has 27 heavy (non-hydrogen) atoms. The highest BCUT2D eigenvalue weighted by Crippen LogP contribution is 2.44. The first-order valence-electron chi connectivity index (χ1n) is 9.92. The molecular formula is C20H24N4O3. The fourth-order valence-corrected chi connectivity index (χ4v) is 3.36. The van der Waals surface area contributed by atoms with Gasteiger partial charge in [-0.1, -0.05) is 11.2 Å². The molecular weight excluding hydrogens is 344 g/mol. The summed E-state index contributed by atoms with van der Waals surface area (Å²) in [5, 5.41) is 7.05. The molecule has 0 bridgehead atoms. The predicted octanol–water partition coefficient (Wildman–Crippen LogP) is 3.32. The van der Waals surface area contributed by atoms with E-state index in [-0.39, 0.29) is 11.9 Å². The molecule has 0 unspecified atom stereocenters. The lowest BCUT2D eigenvalue weighted by Crippen LogP contribution is -2.31. The number of aryl methyl sites for hydroxylation is 1. The molecule has 7 nitrogen and oxygen atoms in total. The topological polar surface area (TPSA) is 90.1 Å². The van der Waals surface area contributed by atoms with Gasteiger partial charge in [0.05, 0.1) is 12.6 Å². The molecule has 2 heterocycles. The highest BCUT2D eigenvalue weighted by Gasteiger charge is 2.37. The van der Waals surface area contributed by atoms with Crippen LogP contribution in [0.1, 0.15) is 78.3 Å². The smallest absolute Gasteiger partial charge is 0.270 e. The molecule has 2 aromatic rings. The third-order valence-electron chi connectivity index (χ3n) is 5.49. The van der Waals surface area contributed by atoms with Crippen molar-refractivity contribution in [2.24, 2.45) is 11.8 Å². The first-order valence-corrected chi connectivity index (χ1v) is 9.92. The molecule has 5 rings (SSSR count). The van der Waals surface area contributed by atoms with Crippen LogP contribution in [0.3, 0.4) is 0 Å². The molecule has 0 aliphatic heterocycles. The van der Waals surface area contributed by atoms with Gasteiger partial charge in [-0.2, -0.15) is 4.98 Å². The molecule has 1 atom stereocenters. The number of amides is 1. The first kappa shape index (κ1) is 16.7. The van der Waals surface area contributed by atoms with E-state index in [1.165, 1.54) is 25.7 Å². The summed E-state index contributed by atoms with van der Waals surface area (Å²) in [5.74, 6) is 3.02. The Balaban J connectivity index is 1.34. The fraction of sp³-hybridized carbons (Fsp3) is 0.600. The third kappa shape index (κ3) is 3.82. The second-order valence-electron chi connectivity index (χ2n) is 8.08. The Morgan fingerprint density at radius 2 is 2.04 bits per heavy atom. The predicted molar refractivity (Wildman–Crippen MR) is 96.4 cm³/mol. The highest BCUT2D eigenvalue weighted by molar-refractivity contribution is 5.92. The average Bonchev–Trinajstić information content (AvgIpc) is 3.54. The maximum atomic E-state index is 12.9. The second kappa shape index (κ2) is 6.62. The Labute approximate surface area is 157 Å². The van der Waals surface area contributed by atoms with Gasteiger partial charge in [0.1, 0.15) is 5.69 Å². The minimum Gasteiger partial charge on any atom is -0.477 e. The number of carbonyl (C=O) groups excluding carboxylic acids is 1. The summed E-state index contributed by atoms with van der Waals surface area (Å²) in [7, 11) is 0. The maximum Gasteiger partial charge on any atom is 0.270 e. The summed E-state index contributed by atoms with van der Waals surface area (Å²) in [6.45, 7) is 2.45. The van der Waals surface area contributed by atoms with Crippen molar-refractivity contribution in [2.45, 2.75) is 57.4 Å². The fourth-order valence-electron chi connectivity index (χ4n) is 3.36. The zero-order valence-electron chi connectivity index (χ0n) is 15.5. The van der Waals surface area contributed by atoms with Gasteiger partial charge in [0.2, 0.25) is 11.8 Å². The van der Waals surface area contributed by atoms with Gasteiger partial charge in [-0.25, -0.2) is 4.98 Å². The van der Waals surface area contributed by atoms with E-state index in [0.717, 1.165) is 18.4 Å². The van der Waals surface area contributed by atoms with Crippen LogP contribution >= 0.6 is 0 Å². The molecule has 2 aromatic heterocycles. The van der Waals surface area contributed by atoms with Crippen molar-refractivity contribution in [1.29, 1.82) is 0 Å². The summed E-state index contributed by atoms with van der Waals surface area (Å²) in [6, 6.07) is 3.58. The van der Waals surface area contributed by atoms with E-state index in [4.69, 9.17) is 9.26 Å². The van der Waals surface area contributed by atoms with Crippen LogP contribution in [0.15, 0.2) is 16.7 Å². The number of ether oxygens (including phenoxy) is 1. The lowest BCUT2D eigenvalue weighted by Gasteiger charge is -2.15. The van der Waals surface area contributed by atoms with Gasteiger partial charge in [0, 0.05) is 12.5 Å². The molecule has 142 valence electrons. The van der Waals surface area contributed by atoms with E-state index in [1.54, 1.807) is 13.0 Å². The van der Waals surface area contributed by atoms with Crippen molar-refractivity contribution < 1.29 is 14.1 Å². The summed E-state index contributed by atoms with van der Waals surface area (Å²) < 4.78 is 11.1. The van der Waals surface area contributed by atoms with Gasteiger partial charge in [0.15, 0.2) is 5.82 Å². The van der Waals surface area contributed by atoms with E-state index in [0.29, 0.717) is 47.6 Å². The minimum atomic E-state index is -0.226. The van der Waals surface area contributed by atoms with Gasteiger partial charge < -0.3 is 14.6 Å². The largest absolute Gasteiger partial charge is 0.477 e. The Kier molecular flexibility index (Phi) is 4.10. The molecule has 3 saturated carbocycles. The molecule has 0 spiro atoms. The molecule has 0 radical (unpaired) electrons. The highest BCUT2D eigenvalue weighted by atomic mass is 16.5. The van der Waals surface area contributed by atoms with Gasteiger partial charge in [-0.3, -0.25) is 4.79 Å². The molecule has 3 aliphatic rings. The van der Waals surface area contributed by atoms with Crippen LogP contribution in [0.4, 0.5) is 0 Å². The molecule has 3 fully saturated rings. The van der Waals surface area contributed by atoms with Crippen molar-refractivity contribution >= 4 is 5.91 Å². The summed E-state index contributed by atoms with van der Waals surface area (Å²) in [5.41, 5.74) is 1.52. The number of hydrogen-bond acceptors (Lipinski definition) is 6. The normalized spacial score (nSPS) is 20.3. The maximum absolute atomic E-state index is 12.9. The summed E-state index contributed by atoms with van der Waals surface area (Å²) in [6.07, 6.45) is 6.92. The number of aromatic nitrogens is 3. The van der Waals surface area contributed by atoms with Crippen LogP contribution < -0.4 is 10.1 Å². The Morgan fingerprint density at radius 1 is 1.22 bits per heavy atom. The summed E-state index contributed by atoms with van der Waals surface area (Å²) in [4.78, 5) is 21.7. The Bertz CT molecular complexity index is 853. The number of pyridine rings is 1. The van der Waals surface area contributed by atoms with Crippen molar-refractivity contribution in [3.8, 4) is 5.88 Å². The van der Waals surface area contributed by atoms with Crippen LogP contribution in [0.2, 0.25) is 0 Å². The number of hydrogen-bond donors (Lipinski definition) is 1. The lowest BCUT2D eigenvalue weighted by molar-refractivity contribution is 0.0922. The SMILES string of the molecule is Cc1nc([C@@H](NC(=O)c2ccc(C3CC3)c(OCC3CC3)n2)C2CC2)no1. The van der Waals surface area contributed by atoms with Crippen LogP contribution in [-0.4, -0.2) is 27.6 Å². The molecule has 0 aromatic carbocycles. The van der Waals surface area contributed by atoms with Gasteiger partial charge in [0.25, 0.3) is 5.91 Å². The third-order valence-corrected chi connectivity index (χ3v) is 5.49. The van der Waals surface area contributed by atoms with Crippen molar-refractivity contribution in [3.63, 3.8) is 0 Å². The number of nitrogens with one attached hydrogen (secondary N) is 1. The molecule has 1 amide bonds. The molecule has 3 aliphatic carbocycles. The van der Waals surface area contributed by atoms with E-state index >= 15 is 0 Å². The van der Waals surface area contributed by atoms with Crippen LogP contribution in [-0.2, 0) is 0 Å². The van der Waals surface area contributed by atoms with E-state index in [9.17, 15) is 4.79 Å². The standard InChI is InChI=1S/C20H24N4O3/c1-11-21-18(24-27-11)17(14-6-7-14)23-19(25)16-9-8-15(13-4-5-13)20(22-16)26-10-12-2-3-12/h8-9,12-14,17H,2-7,10H2,1H3,(H,23,25)/t17-/m0/s1. The van der Waals surface area contributed by atoms with Crippen LogP contribution in [0.25, 0.3) is 0 Å². The first-order chi connectivity index (χ1) is 13.2. The number of rotatable bonds is 8. The monoisotopic (exact) mass is 368 g/mol. The van der Waals surface area contributed by atoms with E-state index in [1.807, 2.05) is 6.07 Å². The quantitative estimate of drug-likeness (QED) is 0.769. The lowest BCUT2D eigenvalue weighted by atomic mass is 10.1. The van der Waals surface area contributed by atoms with Crippen molar-refractivity contribution in [1.82, 2.24) is 20.4 Å². The van der Waals surface area contributed by atoms with Crippen molar-refractivity contribution in [3.05, 3.63) is 35.1 Å². The van der Waals surface area contributed by atoms with E-state index < -0.39 is 0 Å². The van der Waals surface area contributed by atoms with Crippen molar-refractivity contribution in [2.75, 3.05) is 6.61 Å². The summed E-state index contributed by atoms with van der Waals surface area (Å²) >= 11 is 0. The molecule has 0 saturated heterocycles. The average molecular weight is 368 g/mol. The number of carbonyl (C=O) groups is 1. The zero-order chi connectivity index (χ0) is 18.4. The van der Waals surface area contributed by atoms with Gasteiger partial charge in [-0.05, 0) is 62.3 Å². The Hall–Kier alpha value is -2.44. The van der Waals surface area contributed by atoms with Gasteiger partial charge >= 0.3 is 0 Å². The molecule has 7 heteroatoms. The van der Waals surface area contributed by atoms with Crippen LogP contribution in [0.5, 0.6) is 5.88 Å². The number of nitrogens with zero attached hydrogens (tertiary/aromatic N) is 3. The van der Waals surface area contributed by atoms with Gasteiger partial charge in [-0.15, -0.1) is 0 Å². The second-order valence-corrected chi connectivity index (χ2v) is 8.08.